The summed E-state index contributed by atoms with van der Waals surface area (Å²) in [6, 6.07) is 6.64. The molecule has 0 saturated carbocycles. The zero-order valence-electron chi connectivity index (χ0n) is 11.0. The number of carbonyl (C=O) groups excluding carboxylic acids is 1. The van der Waals surface area contributed by atoms with Crippen molar-refractivity contribution in [1.82, 2.24) is 0 Å². The average Bonchev–Trinajstić information content (AvgIpc) is 2.38. The van der Waals surface area contributed by atoms with Gasteiger partial charge in [0.15, 0.2) is 6.61 Å². The third-order valence-electron chi connectivity index (χ3n) is 2.51. The van der Waals surface area contributed by atoms with E-state index in [0.29, 0.717) is 17.9 Å². The fraction of sp³-hybridized carbons (Fsp3) is 0.429. The maximum Gasteiger partial charge on any atom is 0.341 e. The Bertz CT molecular complexity index is 414. The highest BCUT2D eigenvalue weighted by atomic mass is 16.5. The highest BCUT2D eigenvalue weighted by Crippen LogP contribution is 2.16. The minimum absolute atomic E-state index is 0.00680. The fourth-order valence-electron chi connectivity index (χ4n) is 1.54. The van der Waals surface area contributed by atoms with Gasteiger partial charge in [0.1, 0.15) is 5.75 Å². The first-order chi connectivity index (χ1) is 9.11. The SMILES string of the molecule is CCCCCC(=O)Nc1ccc(OCC(=O)O)cc1. The topological polar surface area (TPSA) is 75.6 Å². The van der Waals surface area contributed by atoms with Gasteiger partial charge in [0.05, 0.1) is 0 Å². The third-order valence-corrected chi connectivity index (χ3v) is 2.51. The van der Waals surface area contributed by atoms with E-state index in [4.69, 9.17) is 9.84 Å². The molecule has 0 heterocycles. The summed E-state index contributed by atoms with van der Waals surface area (Å²) in [6.45, 7) is 1.72. The van der Waals surface area contributed by atoms with E-state index >= 15 is 0 Å². The van der Waals surface area contributed by atoms with Crippen LogP contribution in [0.4, 0.5) is 5.69 Å². The maximum absolute atomic E-state index is 11.6. The number of carboxylic acids is 1. The molecule has 5 heteroatoms. The van der Waals surface area contributed by atoms with Crippen LogP contribution in [-0.4, -0.2) is 23.6 Å². The van der Waals surface area contributed by atoms with Crippen LogP contribution in [0.2, 0.25) is 0 Å². The van der Waals surface area contributed by atoms with Gasteiger partial charge >= 0.3 is 5.97 Å². The van der Waals surface area contributed by atoms with Crippen LogP contribution < -0.4 is 10.1 Å². The molecule has 1 aromatic carbocycles. The van der Waals surface area contributed by atoms with Crippen molar-refractivity contribution in [2.24, 2.45) is 0 Å². The number of amides is 1. The van der Waals surface area contributed by atoms with Gasteiger partial charge in [-0.1, -0.05) is 19.8 Å². The number of ether oxygens (including phenoxy) is 1. The van der Waals surface area contributed by atoms with E-state index < -0.39 is 5.97 Å². The first-order valence-electron chi connectivity index (χ1n) is 6.36. The van der Waals surface area contributed by atoms with Gasteiger partial charge < -0.3 is 15.2 Å². The number of aliphatic carboxylic acids is 1. The second-order valence-electron chi connectivity index (χ2n) is 4.21. The van der Waals surface area contributed by atoms with E-state index in [2.05, 4.69) is 12.2 Å². The molecule has 1 amide bonds. The number of carboxylic acid groups (broad SMARTS) is 1. The number of carbonyl (C=O) groups is 2. The third kappa shape index (κ3) is 6.45. The molecule has 0 aromatic heterocycles. The number of unbranched alkanes of at least 4 members (excludes halogenated alkanes) is 2. The summed E-state index contributed by atoms with van der Waals surface area (Å²) in [5, 5.41) is 11.3. The van der Waals surface area contributed by atoms with Crippen LogP contribution in [0.15, 0.2) is 24.3 Å². The molecule has 0 aliphatic carbocycles. The lowest BCUT2D eigenvalue weighted by atomic mass is 10.2. The normalized spacial score (nSPS) is 9.95. The molecule has 2 N–H and O–H groups in total. The number of anilines is 1. The molecule has 5 nitrogen and oxygen atoms in total. The Labute approximate surface area is 112 Å². The summed E-state index contributed by atoms with van der Waals surface area (Å²) in [5.74, 6) is -0.563. The van der Waals surface area contributed by atoms with Gasteiger partial charge in [0.2, 0.25) is 5.91 Å². The summed E-state index contributed by atoms with van der Waals surface area (Å²) in [6.07, 6.45) is 3.55. The van der Waals surface area contributed by atoms with Crippen molar-refractivity contribution in [3.63, 3.8) is 0 Å². The fourth-order valence-corrected chi connectivity index (χ4v) is 1.54. The van der Waals surface area contributed by atoms with Gasteiger partial charge in [0, 0.05) is 12.1 Å². The van der Waals surface area contributed by atoms with Crippen molar-refractivity contribution < 1.29 is 19.4 Å². The molecule has 0 radical (unpaired) electrons. The molecular formula is C14H19NO4. The van der Waals surface area contributed by atoms with Crippen molar-refractivity contribution in [3.05, 3.63) is 24.3 Å². The number of benzene rings is 1. The highest BCUT2D eigenvalue weighted by molar-refractivity contribution is 5.90. The number of nitrogens with one attached hydrogen (secondary N) is 1. The maximum atomic E-state index is 11.6. The predicted molar refractivity (Wildman–Crippen MR) is 72.3 cm³/mol. The summed E-state index contributed by atoms with van der Waals surface area (Å²) in [7, 11) is 0. The van der Waals surface area contributed by atoms with Crippen molar-refractivity contribution in [2.45, 2.75) is 32.6 Å². The van der Waals surface area contributed by atoms with E-state index in [1.54, 1.807) is 24.3 Å². The van der Waals surface area contributed by atoms with Crippen molar-refractivity contribution >= 4 is 17.6 Å². The summed E-state index contributed by atoms with van der Waals surface area (Å²) < 4.78 is 4.99. The number of rotatable bonds is 8. The van der Waals surface area contributed by atoms with Crippen LogP contribution in [0.3, 0.4) is 0 Å². The molecule has 0 atom stereocenters. The van der Waals surface area contributed by atoms with Gasteiger partial charge in [-0.15, -0.1) is 0 Å². The molecule has 1 rings (SSSR count). The first kappa shape index (κ1) is 15.0. The van der Waals surface area contributed by atoms with E-state index in [-0.39, 0.29) is 12.5 Å². The molecule has 1 aromatic rings. The van der Waals surface area contributed by atoms with Gasteiger partial charge in [-0.25, -0.2) is 4.79 Å². The standard InChI is InChI=1S/C14H19NO4/c1-2-3-4-5-13(16)15-11-6-8-12(9-7-11)19-10-14(17)18/h6-9H,2-5,10H2,1H3,(H,15,16)(H,17,18). The summed E-state index contributed by atoms with van der Waals surface area (Å²) in [5.41, 5.74) is 0.684. The molecular weight excluding hydrogens is 246 g/mol. The molecule has 104 valence electrons. The molecule has 0 bridgehead atoms. The molecule has 0 saturated heterocycles. The minimum Gasteiger partial charge on any atom is -0.482 e. The van der Waals surface area contributed by atoms with Crippen molar-refractivity contribution in [1.29, 1.82) is 0 Å². The molecule has 0 spiro atoms. The van der Waals surface area contributed by atoms with Gasteiger partial charge in [-0.05, 0) is 30.7 Å². The van der Waals surface area contributed by atoms with Crippen LogP contribution >= 0.6 is 0 Å². The zero-order valence-corrected chi connectivity index (χ0v) is 11.0. The minimum atomic E-state index is -1.02. The highest BCUT2D eigenvalue weighted by Gasteiger charge is 2.03. The van der Waals surface area contributed by atoms with E-state index in [9.17, 15) is 9.59 Å². The largest absolute Gasteiger partial charge is 0.482 e. The Kier molecular flexibility index (Phi) is 6.43. The number of hydrogen-bond acceptors (Lipinski definition) is 3. The molecule has 0 aliphatic rings. The van der Waals surface area contributed by atoms with Crippen LogP contribution in [-0.2, 0) is 9.59 Å². The molecule has 0 unspecified atom stereocenters. The predicted octanol–water partition coefficient (Wildman–Crippen LogP) is 2.67. The van der Waals surface area contributed by atoms with Crippen LogP contribution in [0.1, 0.15) is 32.6 Å². The second kappa shape index (κ2) is 8.13. The van der Waals surface area contributed by atoms with Crippen LogP contribution in [0, 0.1) is 0 Å². The van der Waals surface area contributed by atoms with E-state index in [1.807, 2.05) is 0 Å². The number of hydrogen-bond donors (Lipinski definition) is 2. The van der Waals surface area contributed by atoms with Gasteiger partial charge in [0.25, 0.3) is 0 Å². The van der Waals surface area contributed by atoms with E-state index in [0.717, 1.165) is 19.3 Å². The van der Waals surface area contributed by atoms with Crippen LogP contribution in [0.5, 0.6) is 5.75 Å². The monoisotopic (exact) mass is 265 g/mol. The molecule has 0 fully saturated rings. The van der Waals surface area contributed by atoms with Crippen LogP contribution in [0.25, 0.3) is 0 Å². The van der Waals surface area contributed by atoms with E-state index in [1.165, 1.54) is 0 Å². The lowest BCUT2D eigenvalue weighted by Gasteiger charge is -2.07. The Morgan fingerprint density at radius 3 is 2.47 bits per heavy atom. The van der Waals surface area contributed by atoms with Crippen molar-refractivity contribution in [3.8, 4) is 5.75 Å². The average molecular weight is 265 g/mol. The molecule has 0 aliphatic heterocycles. The smallest absolute Gasteiger partial charge is 0.341 e. The summed E-state index contributed by atoms with van der Waals surface area (Å²) in [4.78, 5) is 21.9. The first-order valence-corrected chi connectivity index (χ1v) is 6.36. The Morgan fingerprint density at radius 2 is 1.89 bits per heavy atom. The lowest BCUT2D eigenvalue weighted by Crippen LogP contribution is -2.11. The Morgan fingerprint density at radius 1 is 1.21 bits per heavy atom. The lowest BCUT2D eigenvalue weighted by molar-refractivity contribution is -0.139. The zero-order chi connectivity index (χ0) is 14.1. The van der Waals surface area contributed by atoms with Crippen molar-refractivity contribution in [2.75, 3.05) is 11.9 Å². The Balaban J connectivity index is 2.39. The quantitative estimate of drug-likeness (QED) is 0.708. The molecule has 19 heavy (non-hydrogen) atoms. The summed E-state index contributed by atoms with van der Waals surface area (Å²) >= 11 is 0. The Hall–Kier alpha value is -2.04. The van der Waals surface area contributed by atoms with Gasteiger partial charge in [-0.3, -0.25) is 4.79 Å². The second-order valence-corrected chi connectivity index (χ2v) is 4.21. The van der Waals surface area contributed by atoms with Gasteiger partial charge in [-0.2, -0.15) is 0 Å².